The molecule has 0 N–H and O–H groups in total. The third kappa shape index (κ3) is 4.99. The molecule has 1 saturated heterocycles. The first-order valence-electron chi connectivity index (χ1n) is 10.4. The summed E-state index contributed by atoms with van der Waals surface area (Å²) >= 11 is 1.70. The Balaban J connectivity index is 1.54. The molecule has 30 heavy (non-hydrogen) atoms. The number of rotatable bonds is 8. The lowest BCUT2D eigenvalue weighted by Gasteiger charge is -2.34. The van der Waals surface area contributed by atoms with E-state index >= 15 is 0 Å². The zero-order valence-corrected chi connectivity index (χ0v) is 18.9. The van der Waals surface area contributed by atoms with Crippen molar-refractivity contribution in [3.8, 4) is 0 Å². The van der Waals surface area contributed by atoms with Crippen LogP contribution in [0.5, 0.6) is 0 Å². The monoisotopic (exact) mass is 444 g/mol. The zero-order valence-electron chi connectivity index (χ0n) is 17.3. The second-order valence-electron chi connectivity index (χ2n) is 7.90. The second-order valence-corrected chi connectivity index (χ2v) is 10.7. The van der Waals surface area contributed by atoms with Crippen molar-refractivity contribution in [3.05, 3.63) is 64.4 Å². The molecule has 1 aromatic carbocycles. The van der Waals surface area contributed by atoms with Crippen LogP contribution in [0.3, 0.4) is 0 Å². The maximum Gasteiger partial charge on any atom is 0.227 e. The average Bonchev–Trinajstić information content (AvgIpc) is 3.40. The Bertz CT molecular complexity index is 1050. The fraction of sp³-hybridized carbons (Fsp3) is 0.455. The molecule has 6 nitrogen and oxygen atoms in total. The highest BCUT2D eigenvalue weighted by Gasteiger charge is 2.28. The number of benzene rings is 1. The number of hydrogen-bond donors (Lipinski definition) is 0. The third-order valence-corrected chi connectivity index (χ3v) is 7.50. The van der Waals surface area contributed by atoms with Gasteiger partial charge in [-0.2, -0.15) is 0 Å². The van der Waals surface area contributed by atoms with Gasteiger partial charge in [0.1, 0.15) is 5.01 Å². The standard InChI is InChI=1S/C22H28N4O2S2/c1-30(27,28)22-24-16-19(26(22)14-7-10-18-8-3-2-4-9-18)17-25-13-6-5-11-20(25)21-23-12-15-29-21/h2-4,8-9,12,15-16,20H,5-7,10-11,13-14,17H2,1H3. The van der Waals surface area contributed by atoms with Crippen LogP contribution in [0.15, 0.2) is 53.3 Å². The van der Waals surface area contributed by atoms with Crippen LogP contribution in [0.1, 0.15) is 48.0 Å². The van der Waals surface area contributed by atoms with E-state index in [9.17, 15) is 8.42 Å². The van der Waals surface area contributed by atoms with Gasteiger partial charge >= 0.3 is 0 Å². The number of aromatic nitrogens is 3. The second kappa shape index (κ2) is 9.41. The lowest BCUT2D eigenvalue weighted by Crippen LogP contribution is -2.33. The van der Waals surface area contributed by atoms with Gasteiger partial charge in [-0.3, -0.25) is 4.90 Å². The van der Waals surface area contributed by atoms with Crippen molar-refractivity contribution in [2.75, 3.05) is 12.8 Å². The van der Waals surface area contributed by atoms with E-state index in [1.54, 1.807) is 17.5 Å². The highest BCUT2D eigenvalue weighted by molar-refractivity contribution is 7.90. The minimum Gasteiger partial charge on any atom is -0.318 e. The molecule has 2 aromatic heterocycles. The molecular weight excluding hydrogens is 416 g/mol. The molecule has 3 heterocycles. The van der Waals surface area contributed by atoms with Crippen molar-refractivity contribution in [3.63, 3.8) is 0 Å². The van der Waals surface area contributed by atoms with Gasteiger partial charge in [-0.1, -0.05) is 36.8 Å². The summed E-state index contributed by atoms with van der Waals surface area (Å²) in [4.78, 5) is 11.3. The van der Waals surface area contributed by atoms with Crippen molar-refractivity contribution in [1.29, 1.82) is 0 Å². The van der Waals surface area contributed by atoms with E-state index in [4.69, 9.17) is 0 Å². The minimum atomic E-state index is -3.38. The van der Waals surface area contributed by atoms with Crippen LogP contribution < -0.4 is 0 Å². The summed E-state index contributed by atoms with van der Waals surface area (Å²) in [6.45, 7) is 2.33. The van der Waals surface area contributed by atoms with Gasteiger partial charge in [0.2, 0.25) is 15.0 Å². The van der Waals surface area contributed by atoms with Gasteiger partial charge in [0.05, 0.1) is 17.9 Å². The summed E-state index contributed by atoms with van der Waals surface area (Å²) < 4.78 is 26.6. The van der Waals surface area contributed by atoms with E-state index in [0.717, 1.165) is 42.9 Å². The molecular formula is C22H28N4O2S2. The number of hydrogen-bond acceptors (Lipinski definition) is 6. The average molecular weight is 445 g/mol. The van der Waals surface area contributed by atoms with Crippen molar-refractivity contribution in [1.82, 2.24) is 19.4 Å². The van der Waals surface area contributed by atoms with Gasteiger partial charge in [-0.25, -0.2) is 18.4 Å². The van der Waals surface area contributed by atoms with Crippen molar-refractivity contribution in [2.24, 2.45) is 0 Å². The van der Waals surface area contributed by atoms with Gasteiger partial charge in [0.25, 0.3) is 0 Å². The highest BCUT2D eigenvalue weighted by atomic mass is 32.2. The number of piperidine rings is 1. The van der Waals surface area contributed by atoms with Gasteiger partial charge < -0.3 is 4.57 Å². The van der Waals surface area contributed by atoms with Crippen LogP contribution >= 0.6 is 11.3 Å². The molecule has 0 radical (unpaired) electrons. The van der Waals surface area contributed by atoms with E-state index in [2.05, 4.69) is 27.0 Å². The van der Waals surface area contributed by atoms with Gasteiger partial charge in [0, 0.05) is 30.9 Å². The molecule has 1 atom stereocenters. The van der Waals surface area contributed by atoms with E-state index in [1.807, 2.05) is 34.3 Å². The van der Waals surface area contributed by atoms with Crippen LogP contribution in [-0.2, 0) is 29.3 Å². The fourth-order valence-corrected chi connectivity index (χ4v) is 5.87. The number of sulfone groups is 1. The Morgan fingerprint density at radius 1 is 1.17 bits per heavy atom. The summed E-state index contributed by atoms with van der Waals surface area (Å²) in [7, 11) is -3.38. The Kier molecular flexibility index (Phi) is 6.65. The summed E-state index contributed by atoms with van der Waals surface area (Å²) in [5.74, 6) is 0. The van der Waals surface area contributed by atoms with Crippen LogP contribution in [0.25, 0.3) is 0 Å². The van der Waals surface area contributed by atoms with Crippen LogP contribution in [-0.4, -0.2) is 40.7 Å². The Labute approximate surface area is 182 Å². The first kappa shape index (κ1) is 21.2. The number of likely N-dealkylation sites (tertiary alicyclic amines) is 1. The van der Waals surface area contributed by atoms with E-state index < -0.39 is 9.84 Å². The van der Waals surface area contributed by atoms with E-state index in [0.29, 0.717) is 19.1 Å². The molecule has 0 amide bonds. The number of imidazole rings is 1. The maximum atomic E-state index is 12.3. The molecule has 1 aliphatic heterocycles. The van der Waals surface area contributed by atoms with E-state index in [-0.39, 0.29) is 5.16 Å². The minimum absolute atomic E-state index is 0.174. The van der Waals surface area contributed by atoms with E-state index in [1.165, 1.54) is 18.2 Å². The summed E-state index contributed by atoms with van der Waals surface area (Å²) in [5, 5.41) is 3.35. The number of thiazole rings is 1. The third-order valence-electron chi connectivity index (χ3n) is 5.64. The quantitative estimate of drug-likeness (QED) is 0.523. The predicted octanol–water partition coefficient (Wildman–Crippen LogP) is 4.10. The molecule has 1 aliphatic rings. The van der Waals surface area contributed by atoms with Gasteiger partial charge in [-0.15, -0.1) is 11.3 Å². The first-order chi connectivity index (χ1) is 14.5. The lowest BCUT2D eigenvalue weighted by molar-refractivity contribution is 0.136. The molecule has 0 bridgehead atoms. The Morgan fingerprint density at radius 2 is 2.00 bits per heavy atom. The fourth-order valence-electron chi connectivity index (χ4n) is 4.21. The molecule has 0 spiro atoms. The Hall–Kier alpha value is -2.03. The summed E-state index contributed by atoms with van der Waals surface area (Å²) in [6.07, 6.45) is 10.1. The number of aryl methyl sites for hydroxylation is 1. The van der Waals surface area contributed by atoms with Gasteiger partial charge in [0.15, 0.2) is 0 Å². The Morgan fingerprint density at radius 3 is 2.73 bits per heavy atom. The van der Waals surface area contributed by atoms with Gasteiger partial charge in [-0.05, 0) is 37.8 Å². The highest BCUT2D eigenvalue weighted by Crippen LogP contribution is 2.33. The molecule has 8 heteroatoms. The molecule has 4 rings (SSSR count). The molecule has 1 unspecified atom stereocenters. The van der Waals surface area contributed by atoms with Crippen molar-refractivity contribution < 1.29 is 8.42 Å². The van der Waals surface area contributed by atoms with Crippen molar-refractivity contribution in [2.45, 2.75) is 56.4 Å². The number of nitrogens with zero attached hydrogens (tertiary/aromatic N) is 4. The molecule has 1 fully saturated rings. The summed E-state index contributed by atoms with van der Waals surface area (Å²) in [6, 6.07) is 10.6. The lowest BCUT2D eigenvalue weighted by atomic mass is 10.0. The van der Waals surface area contributed by atoms with Crippen molar-refractivity contribution >= 4 is 21.2 Å². The molecule has 160 valence electrons. The summed E-state index contributed by atoms with van der Waals surface area (Å²) in [5.41, 5.74) is 2.23. The van der Waals surface area contributed by atoms with Crippen LogP contribution in [0.2, 0.25) is 0 Å². The van der Waals surface area contributed by atoms with Crippen LogP contribution in [0.4, 0.5) is 0 Å². The smallest absolute Gasteiger partial charge is 0.227 e. The maximum absolute atomic E-state index is 12.3. The zero-order chi connectivity index (χ0) is 21.0. The SMILES string of the molecule is CS(=O)(=O)c1ncc(CN2CCCCC2c2nccs2)n1CCCc1ccccc1. The largest absolute Gasteiger partial charge is 0.318 e. The molecule has 0 saturated carbocycles. The molecule has 3 aromatic rings. The normalized spacial score (nSPS) is 18.0. The topological polar surface area (TPSA) is 68.1 Å². The predicted molar refractivity (Wildman–Crippen MR) is 119 cm³/mol. The first-order valence-corrected chi connectivity index (χ1v) is 13.2. The molecule has 0 aliphatic carbocycles. The van der Waals surface area contributed by atoms with Crippen LogP contribution in [0, 0.1) is 0 Å².